The molecule has 0 radical (unpaired) electrons. The van der Waals surface area contributed by atoms with Crippen LogP contribution in [0.4, 0.5) is 0 Å². The van der Waals surface area contributed by atoms with Gasteiger partial charge in [0.15, 0.2) is 0 Å². The average molecular weight is 298 g/mol. The molecule has 1 aromatic rings. The molecule has 1 heterocycles. The summed E-state index contributed by atoms with van der Waals surface area (Å²) < 4.78 is 25.8. The number of cyclic esters (lactones) is 1. The summed E-state index contributed by atoms with van der Waals surface area (Å²) in [6.07, 6.45) is -0.894. The number of carbonyl (C=O) groups is 1. The maximum Gasteiger partial charge on any atom is 0.345 e. The van der Waals surface area contributed by atoms with Crippen molar-refractivity contribution in [3.05, 3.63) is 22.3 Å². The van der Waals surface area contributed by atoms with E-state index in [4.69, 9.17) is 23.7 Å². The number of hydrogen-bond donors (Lipinski definition) is 1. The number of aromatic hydroxyl groups is 1. The van der Waals surface area contributed by atoms with Crippen molar-refractivity contribution >= 4 is 5.97 Å². The quantitative estimate of drug-likeness (QED) is 0.797. The van der Waals surface area contributed by atoms with E-state index in [1.165, 1.54) is 28.4 Å². The minimum atomic E-state index is -0.894. The summed E-state index contributed by atoms with van der Waals surface area (Å²) in [5.41, 5.74) is 1.47. The zero-order valence-electron chi connectivity index (χ0n) is 12.4. The topological polar surface area (TPSA) is 83.5 Å². The number of methoxy groups -OCH3 is 4. The molecule has 21 heavy (non-hydrogen) atoms. The number of fused-ring (bicyclic) bond motifs is 1. The zero-order chi connectivity index (χ0) is 15.6. The van der Waals surface area contributed by atoms with E-state index in [1.807, 2.05) is 0 Å². The van der Waals surface area contributed by atoms with Crippen LogP contribution in [0.3, 0.4) is 0 Å². The Morgan fingerprint density at radius 1 is 1.10 bits per heavy atom. The predicted octanol–water partition coefficient (Wildman–Crippen LogP) is 1.51. The van der Waals surface area contributed by atoms with E-state index in [0.717, 1.165) is 0 Å². The molecule has 1 aromatic carbocycles. The van der Waals surface area contributed by atoms with Crippen molar-refractivity contribution < 1.29 is 33.6 Å². The molecular weight excluding hydrogens is 280 g/mol. The van der Waals surface area contributed by atoms with Crippen LogP contribution in [-0.4, -0.2) is 39.5 Å². The Bertz CT molecular complexity index is 553. The second-order valence-electron chi connectivity index (χ2n) is 4.47. The number of ether oxygens (including phenoxy) is 5. The molecule has 0 saturated carbocycles. The lowest BCUT2D eigenvalue weighted by Gasteiger charge is -2.18. The minimum Gasteiger partial charge on any atom is -0.507 e. The summed E-state index contributed by atoms with van der Waals surface area (Å²) in [6, 6.07) is 0. The fourth-order valence-corrected chi connectivity index (χ4v) is 2.48. The van der Waals surface area contributed by atoms with E-state index in [2.05, 4.69) is 0 Å². The fraction of sp³-hybridized carbons (Fsp3) is 0.500. The van der Waals surface area contributed by atoms with E-state index in [9.17, 15) is 9.90 Å². The number of esters is 1. The second-order valence-corrected chi connectivity index (χ2v) is 4.47. The molecule has 1 aliphatic heterocycles. The van der Waals surface area contributed by atoms with Crippen molar-refractivity contribution in [3.8, 4) is 11.5 Å². The molecule has 1 atom stereocenters. The summed E-state index contributed by atoms with van der Waals surface area (Å²) in [7, 11) is 5.80. The first kappa shape index (κ1) is 15.6. The van der Waals surface area contributed by atoms with Gasteiger partial charge in [-0.2, -0.15) is 0 Å². The molecular formula is C14H18O7. The van der Waals surface area contributed by atoms with Crippen LogP contribution in [0, 0.1) is 0 Å². The van der Waals surface area contributed by atoms with Crippen molar-refractivity contribution in [2.45, 2.75) is 19.5 Å². The van der Waals surface area contributed by atoms with Gasteiger partial charge in [0.05, 0.1) is 25.9 Å². The summed E-state index contributed by atoms with van der Waals surface area (Å²) in [6.45, 7) is 0.190. The Labute approximate surface area is 122 Å². The smallest absolute Gasteiger partial charge is 0.345 e. The highest BCUT2D eigenvalue weighted by molar-refractivity contribution is 5.98. The Balaban J connectivity index is 2.77. The molecule has 0 saturated heterocycles. The third-order valence-electron chi connectivity index (χ3n) is 3.32. The number of benzene rings is 1. The third-order valence-corrected chi connectivity index (χ3v) is 3.32. The first-order valence-electron chi connectivity index (χ1n) is 6.26. The fourth-order valence-electron chi connectivity index (χ4n) is 2.48. The molecule has 7 heteroatoms. The van der Waals surface area contributed by atoms with Crippen molar-refractivity contribution in [1.29, 1.82) is 0 Å². The van der Waals surface area contributed by atoms with Crippen LogP contribution in [0.1, 0.15) is 33.3 Å². The van der Waals surface area contributed by atoms with E-state index in [1.54, 1.807) is 0 Å². The summed E-state index contributed by atoms with van der Waals surface area (Å²) >= 11 is 0. The summed E-state index contributed by atoms with van der Waals surface area (Å²) in [5, 5.41) is 10.5. The van der Waals surface area contributed by atoms with Gasteiger partial charge in [-0.05, 0) is 0 Å². The lowest BCUT2D eigenvalue weighted by molar-refractivity contribution is -0.0824. The van der Waals surface area contributed by atoms with Crippen molar-refractivity contribution in [3.63, 3.8) is 0 Å². The molecule has 0 aromatic heterocycles. The number of rotatable bonds is 6. The van der Waals surface area contributed by atoms with Gasteiger partial charge < -0.3 is 28.8 Å². The van der Waals surface area contributed by atoms with Gasteiger partial charge in [-0.3, -0.25) is 0 Å². The number of phenols is 1. The number of hydrogen-bond acceptors (Lipinski definition) is 7. The van der Waals surface area contributed by atoms with Crippen LogP contribution < -0.4 is 4.74 Å². The van der Waals surface area contributed by atoms with Gasteiger partial charge in [0, 0.05) is 32.5 Å². The van der Waals surface area contributed by atoms with E-state index < -0.39 is 12.3 Å². The second kappa shape index (κ2) is 6.30. The van der Waals surface area contributed by atoms with E-state index in [-0.39, 0.29) is 30.3 Å². The SMILES string of the molecule is COCc1c(O)c(COC)c2c(c1OC)C(=O)OC2OC. The van der Waals surface area contributed by atoms with Crippen LogP contribution in [0.25, 0.3) is 0 Å². The van der Waals surface area contributed by atoms with Gasteiger partial charge in [-0.15, -0.1) is 0 Å². The molecule has 1 N–H and O–H groups in total. The average Bonchev–Trinajstić information content (AvgIpc) is 2.81. The standard InChI is InChI=1S/C14H18O7/c1-17-5-7-9-10(13(16)21-14(9)20-4)12(19-3)8(6-18-2)11(7)15/h14-15H,5-6H2,1-4H3. The summed E-state index contributed by atoms with van der Waals surface area (Å²) in [4.78, 5) is 12.1. The lowest BCUT2D eigenvalue weighted by Crippen LogP contribution is -2.08. The zero-order valence-corrected chi connectivity index (χ0v) is 12.4. The molecule has 7 nitrogen and oxygen atoms in total. The van der Waals surface area contributed by atoms with Gasteiger partial charge in [0.25, 0.3) is 0 Å². The maximum absolute atomic E-state index is 12.1. The van der Waals surface area contributed by atoms with Gasteiger partial charge >= 0.3 is 5.97 Å². The normalized spacial score (nSPS) is 16.8. The van der Waals surface area contributed by atoms with Gasteiger partial charge in [-0.1, -0.05) is 0 Å². The van der Waals surface area contributed by atoms with Crippen LogP contribution in [0.2, 0.25) is 0 Å². The van der Waals surface area contributed by atoms with Gasteiger partial charge in [0.2, 0.25) is 6.29 Å². The Morgan fingerprint density at radius 2 is 1.71 bits per heavy atom. The highest BCUT2D eigenvalue weighted by atomic mass is 16.7. The Hall–Kier alpha value is -1.83. The maximum atomic E-state index is 12.1. The molecule has 0 fully saturated rings. The third kappa shape index (κ3) is 2.44. The molecule has 0 aliphatic carbocycles. The van der Waals surface area contributed by atoms with Crippen molar-refractivity contribution in [2.24, 2.45) is 0 Å². The molecule has 1 unspecified atom stereocenters. The van der Waals surface area contributed by atoms with Crippen LogP contribution in [0.5, 0.6) is 11.5 Å². The monoisotopic (exact) mass is 298 g/mol. The summed E-state index contributed by atoms with van der Waals surface area (Å²) in [5.74, 6) is -0.383. The van der Waals surface area contributed by atoms with Crippen LogP contribution in [0.15, 0.2) is 0 Å². The Morgan fingerprint density at radius 3 is 2.24 bits per heavy atom. The predicted molar refractivity (Wildman–Crippen MR) is 71.3 cm³/mol. The first-order chi connectivity index (χ1) is 10.1. The van der Waals surface area contributed by atoms with Crippen molar-refractivity contribution in [2.75, 3.05) is 28.4 Å². The van der Waals surface area contributed by atoms with Gasteiger partial charge in [-0.25, -0.2) is 4.79 Å². The minimum absolute atomic E-state index is 0.0466. The van der Waals surface area contributed by atoms with Gasteiger partial charge in [0.1, 0.15) is 17.1 Å². The number of phenolic OH excluding ortho intramolecular Hbond substituents is 1. The van der Waals surface area contributed by atoms with Crippen LogP contribution >= 0.6 is 0 Å². The van der Waals surface area contributed by atoms with Crippen LogP contribution in [-0.2, 0) is 32.2 Å². The highest BCUT2D eigenvalue weighted by Gasteiger charge is 2.40. The molecule has 116 valence electrons. The Kier molecular flexibility index (Phi) is 4.66. The first-order valence-corrected chi connectivity index (χ1v) is 6.26. The van der Waals surface area contributed by atoms with E-state index >= 15 is 0 Å². The highest BCUT2D eigenvalue weighted by Crippen LogP contribution is 2.46. The number of carbonyl (C=O) groups excluding carboxylic acids is 1. The van der Waals surface area contributed by atoms with Crippen molar-refractivity contribution in [1.82, 2.24) is 0 Å². The lowest BCUT2D eigenvalue weighted by atomic mass is 9.96. The molecule has 1 aliphatic rings. The largest absolute Gasteiger partial charge is 0.507 e. The molecule has 2 rings (SSSR count). The van der Waals surface area contributed by atoms with E-state index in [0.29, 0.717) is 16.7 Å². The molecule has 0 bridgehead atoms. The molecule has 0 amide bonds. The molecule has 0 spiro atoms.